The zero-order valence-corrected chi connectivity index (χ0v) is 13.7. The quantitative estimate of drug-likeness (QED) is 0.760. The first kappa shape index (κ1) is 16.0. The third-order valence-corrected chi connectivity index (χ3v) is 4.85. The maximum absolute atomic E-state index is 4.10. The molecule has 0 aliphatic heterocycles. The van der Waals surface area contributed by atoms with Crippen LogP contribution in [0.1, 0.15) is 38.3 Å². The zero-order chi connectivity index (χ0) is 15.1. The summed E-state index contributed by atoms with van der Waals surface area (Å²) < 4.78 is 1.73. The molecule has 1 N–H and O–H groups in total. The van der Waals surface area contributed by atoms with E-state index in [0.717, 1.165) is 24.5 Å². The van der Waals surface area contributed by atoms with Gasteiger partial charge in [-0.05, 0) is 35.4 Å². The Morgan fingerprint density at radius 1 is 1.24 bits per heavy atom. The first-order valence-electron chi connectivity index (χ1n) is 7.43. The number of nitrogens with one attached hydrogen (secondary N) is 1. The molecule has 0 aliphatic carbocycles. The smallest absolute Gasteiger partial charge is 0.209 e. The van der Waals surface area contributed by atoms with Crippen molar-refractivity contribution in [3.63, 3.8) is 0 Å². The normalized spacial score (nSPS) is 14.0. The van der Waals surface area contributed by atoms with Gasteiger partial charge in [-0.25, -0.2) is 4.68 Å². The van der Waals surface area contributed by atoms with Crippen molar-refractivity contribution in [3.8, 4) is 0 Å². The molecule has 0 bridgehead atoms. The molecule has 0 fully saturated rings. The Hall–Kier alpha value is -1.40. The monoisotopic (exact) mass is 305 g/mol. The van der Waals surface area contributed by atoms with Gasteiger partial charge in [-0.3, -0.25) is 0 Å². The molecule has 0 aliphatic rings. The van der Waals surface area contributed by atoms with E-state index in [0.29, 0.717) is 11.3 Å². The molecule has 2 aromatic rings. The standard InChI is InChI=1S/C15H23N5S/c1-4-11-16-14(12-9-7-6-8-10-12)13(5-2)21-15-17-18-19-20(15)3/h6-10,13-14,16H,4-5,11H2,1-3H3. The number of hydrogen-bond acceptors (Lipinski definition) is 5. The number of nitrogens with zero attached hydrogens (tertiary/aromatic N) is 4. The van der Waals surface area contributed by atoms with E-state index < -0.39 is 0 Å². The first-order valence-corrected chi connectivity index (χ1v) is 8.31. The Morgan fingerprint density at radius 2 is 2.00 bits per heavy atom. The van der Waals surface area contributed by atoms with Crippen LogP contribution in [0.5, 0.6) is 0 Å². The van der Waals surface area contributed by atoms with Crippen LogP contribution in [0.2, 0.25) is 0 Å². The molecule has 0 radical (unpaired) electrons. The summed E-state index contributed by atoms with van der Waals surface area (Å²) in [5.74, 6) is 0. The summed E-state index contributed by atoms with van der Waals surface area (Å²) in [6, 6.07) is 10.9. The number of benzene rings is 1. The minimum absolute atomic E-state index is 0.304. The van der Waals surface area contributed by atoms with Crippen LogP contribution in [-0.2, 0) is 7.05 Å². The van der Waals surface area contributed by atoms with Crippen molar-refractivity contribution >= 4 is 11.8 Å². The van der Waals surface area contributed by atoms with E-state index in [4.69, 9.17) is 0 Å². The Bertz CT molecular complexity index is 528. The summed E-state index contributed by atoms with van der Waals surface area (Å²) >= 11 is 1.74. The lowest BCUT2D eigenvalue weighted by Crippen LogP contribution is -2.30. The number of rotatable bonds is 8. The van der Waals surface area contributed by atoms with Gasteiger partial charge in [-0.1, -0.05) is 55.9 Å². The van der Waals surface area contributed by atoms with Crippen LogP contribution >= 0.6 is 11.8 Å². The highest BCUT2D eigenvalue weighted by atomic mass is 32.2. The average molecular weight is 305 g/mol. The second-order valence-electron chi connectivity index (χ2n) is 4.99. The molecule has 0 saturated heterocycles. The van der Waals surface area contributed by atoms with E-state index >= 15 is 0 Å². The van der Waals surface area contributed by atoms with E-state index in [1.165, 1.54) is 5.56 Å². The third-order valence-electron chi connectivity index (χ3n) is 3.39. The Labute approximate surface area is 130 Å². The lowest BCUT2D eigenvalue weighted by molar-refractivity contribution is 0.503. The number of hydrogen-bond donors (Lipinski definition) is 1. The Balaban J connectivity index is 2.18. The van der Waals surface area contributed by atoms with E-state index in [1.807, 2.05) is 7.05 Å². The summed E-state index contributed by atoms with van der Waals surface area (Å²) in [6.07, 6.45) is 2.17. The Kier molecular flexibility index (Phi) is 6.20. The summed E-state index contributed by atoms with van der Waals surface area (Å²) in [6.45, 7) is 5.41. The van der Waals surface area contributed by atoms with Gasteiger partial charge in [0.25, 0.3) is 0 Å². The highest BCUT2D eigenvalue weighted by Gasteiger charge is 2.24. The van der Waals surface area contributed by atoms with Crippen molar-refractivity contribution in [2.45, 2.75) is 43.1 Å². The predicted octanol–water partition coefficient (Wildman–Crippen LogP) is 2.82. The molecule has 1 heterocycles. The van der Waals surface area contributed by atoms with Gasteiger partial charge in [0.1, 0.15) is 0 Å². The molecule has 114 valence electrons. The van der Waals surface area contributed by atoms with Crippen LogP contribution in [0, 0.1) is 0 Å². The van der Waals surface area contributed by atoms with E-state index in [2.05, 4.69) is 65.0 Å². The molecule has 0 amide bonds. The van der Waals surface area contributed by atoms with Crippen LogP contribution in [-0.4, -0.2) is 32.0 Å². The third kappa shape index (κ3) is 4.28. The SMILES string of the molecule is CCCNC(c1ccccc1)C(CC)Sc1nnnn1C. The van der Waals surface area contributed by atoms with E-state index in [9.17, 15) is 0 Å². The van der Waals surface area contributed by atoms with Gasteiger partial charge in [-0.2, -0.15) is 0 Å². The van der Waals surface area contributed by atoms with Crippen molar-refractivity contribution in [1.29, 1.82) is 0 Å². The van der Waals surface area contributed by atoms with Crippen molar-refractivity contribution in [1.82, 2.24) is 25.5 Å². The lowest BCUT2D eigenvalue weighted by atomic mass is 10.0. The predicted molar refractivity (Wildman–Crippen MR) is 86.2 cm³/mol. The van der Waals surface area contributed by atoms with Crippen LogP contribution in [0.25, 0.3) is 0 Å². The van der Waals surface area contributed by atoms with Gasteiger partial charge in [0.05, 0.1) is 0 Å². The van der Waals surface area contributed by atoms with Crippen molar-refractivity contribution in [2.24, 2.45) is 7.05 Å². The molecule has 0 spiro atoms. The Morgan fingerprint density at radius 3 is 2.57 bits per heavy atom. The van der Waals surface area contributed by atoms with E-state index in [-0.39, 0.29) is 0 Å². The van der Waals surface area contributed by atoms with Crippen LogP contribution in [0.3, 0.4) is 0 Å². The minimum Gasteiger partial charge on any atom is -0.309 e. The van der Waals surface area contributed by atoms with Crippen molar-refractivity contribution in [3.05, 3.63) is 35.9 Å². The average Bonchev–Trinajstić information content (AvgIpc) is 2.92. The number of aromatic nitrogens is 4. The zero-order valence-electron chi connectivity index (χ0n) is 12.9. The molecule has 5 nitrogen and oxygen atoms in total. The molecular weight excluding hydrogens is 282 g/mol. The molecule has 2 unspecified atom stereocenters. The molecular formula is C15H23N5S. The molecule has 21 heavy (non-hydrogen) atoms. The van der Waals surface area contributed by atoms with Gasteiger partial charge in [0, 0.05) is 18.3 Å². The lowest BCUT2D eigenvalue weighted by Gasteiger charge is -2.26. The number of tetrazole rings is 1. The first-order chi connectivity index (χ1) is 10.3. The van der Waals surface area contributed by atoms with Crippen LogP contribution in [0.4, 0.5) is 0 Å². The van der Waals surface area contributed by atoms with Crippen molar-refractivity contribution in [2.75, 3.05) is 6.54 Å². The van der Waals surface area contributed by atoms with Gasteiger partial charge in [0.15, 0.2) is 0 Å². The summed E-state index contributed by atoms with van der Waals surface area (Å²) in [4.78, 5) is 0. The fourth-order valence-electron chi connectivity index (χ4n) is 2.27. The second-order valence-corrected chi connectivity index (χ2v) is 6.20. The highest BCUT2D eigenvalue weighted by Crippen LogP contribution is 2.32. The molecule has 2 rings (SSSR count). The fraction of sp³-hybridized carbons (Fsp3) is 0.533. The van der Waals surface area contributed by atoms with Gasteiger partial charge in [0.2, 0.25) is 5.16 Å². The van der Waals surface area contributed by atoms with Crippen molar-refractivity contribution < 1.29 is 0 Å². The summed E-state index contributed by atoms with van der Waals surface area (Å²) in [7, 11) is 1.88. The second kappa shape index (κ2) is 8.14. The van der Waals surface area contributed by atoms with Crippen LogP contribution < -0.4 is 5.32 Å². The number of thioether (sulfide) groups is 1. The van der Waals surface area contributed by atoms with Crippen LogP contribution in [0.15, 0.2) is 35.5 Å². The molecule has 2 atom stereocenters. The van der Waals surface area contributed by atoms with Gasteiger partial charge < -0.3 is 5.32 Å². The summed E-state index contributed by atoms with van der Waals surface area (Å²) in [5, 5.41) is 16.7. The van der Waals surface area contributed by atoms with Gasteiger partial charge >= 0.3 is 0 Å². The fourth-order valence-corrected chi connectivity index (χ4v) is 3.37. The summed E-state index contributed by atoms with van der Waals surface area (Å²) in [5.41, 5.74) is 1.32. The highest BCUT2D eigenvalue weighted by molar-refractivity contribution is 7.99. The molecule has 6 heteroatoms. The molecule has 0 saturated carbocycles. The molecule has 1 aromatic heterocycles. The minimum atomic E-state index is 0.304. The number of aryl methyl sites for hydroxylation is 1. The van der Waals surface area contributed by atoms with E-state index in [1.54, 1.807) is 16.4 Å². The maximum atomic E-state index is 4.10. The molecule has 1 aromatic carbocycles. The van der Waals surface area contributed by atoms with Gasteiger partial charge in [-0.15, -0.1) is 5.10 Å². The topological polar surface area (TPSA) is 55.6 Å². The maximum Gasteiger partial charge on any atom is 0.209 e. The largest absolute Gasteiger partial charge is 0.309 e.